The Labute approximate surface area is 97.3 Å². The third-order valence-electron chi connectivity index (χ3n) is 2.47. The maximum atomic E-state index is 13.9. The number of hydrogen-bond acceptors (Lipinski definition) is 3. The molecule has 0 amide bonds. The average Bonchev–Trinajstić information content (AvgIpc) is 2.35. The normalized spacial score (nSPS) is 10.4. The molecule has 5 heteroatoms. The highest BCUT2D eigenvalue weighted by Crippen LogP contribution is 2.27. The van der Waals surface area contributed by atoms with E-state index in [0.29, 0.717) is 11.3 Å². The van der Waals surface area contributed by atoms with Gasteiger partial charge in [0, 0.05) is 6.20 Å². The van der Waals surface area contributed by atoms with Crippen LogP contribution in [0.3, 0.4) is 0 Å². The highest BCUT2D eigenvalue weighted by atomic mass is 19.1. The molecule has 1 heterocycles. The van der Waals surface area contributed by atoms with Crippen molar-refractivity contribution in [3.63, 3.8) is 0 Å². The number of rotatable bonds is 2. The third-order valence-corrected chi connectivity index (χ3v) is 2.47. The highest BCUT2D eigenvalue weighted by molar-refractivity contribution is 5.65. The minimum atomic E-state index is -0.644. The molecule has 88 valence electrons. The molecule has 3 nitrogen and oxygen atoms in total. The van der Waals surface area contributed by atoms with E-state index < -0.39 is 11.6 Å². The van der Waals surface area contributed by atoms with E-state index in [1.807, 2.05) is 0 Å². The van der Waals surface area contributed by atoms with E-state index in [9.17, 15) is 8.78 Å². The largest absolute Gasteiger partial charge is 0.324 e. The maximum absolute atomic E-state index is 13.9. The number of nitrogens with one attached hydrogen (secondary N) is 1. The number of hydrazine groups is 1. The van der Waals surface area contributed by atoms with Crippen molar-refractivity contribution in [2.75, 3.05) is 5.43 Å². The number of aryl methyl sites for hydroxylation is 1. The molecule has 0 aliphatic carbocycles. The number of anilines is 1. The molecular weight excluding hydrogens is 224 g/mol. The number of hydrogen-bond donors (Lipinski definition) is 2. The van der Waals surface area contributed by atoms with Crippen LogP contribution in [0.5, 0.6) is 0 Å². The number of aromatic nitrogens is 1. The van der Waals surface area contributed by atoms with Gasteiger partial charge >= 0.3 is 0 Å². The van der Waals surface area contributed by atoms with Crippen LogP contribution >= 0.6 is 0 Å². The van der Waals surface area contributed by atoms with E-state index in [1.54, 1.807) is 13.0 Å². The number of nitrogens with zero attached hydrogens (tertiary/aromatic N) is 1. The molecule has 0 spiro atoms. The molecule has 0 bridgehead atoms. The van der Waals surface area contributed by atoms with Gasteiger partial charge in [-0.1, -0.05) is 6.07 Å². The number of benzene rings is 1. The molecule has 0 unspecified atom stereocenters. The van der Waals surface area contributed by atoms with Gasteiger partial charge in [0.2, 0.25) is 0 Å². The van der Waals surface area contributed by atoms with Crippen molar-refractivity contribution < 1.29 is 8.78 Å². The number of nitrogen functional groups attached to an aromatic ring is 1. The smallest absolute Gasteiger partial charge is 0.138 e. The van der Waals surface area contributed by atoms with Crippen molar-refractivity contribution in [3.05, 3.63) is 47.7 Å². The fourth-order valence-corrected chi connectivity index (χ4v) is 1.55. The SMILES string of the molecule is Cc1ccc(F)c(-c2cc(NN)ccn2)c1F. The molecule has 0 saturated heterocycles. The van der Waals surface area contributed by atoms with Crippen molar-refractivity contribution in [2.45, 2.75) is 6.92 Å². The lowest BCUT2D eigenvalue weighted by molar-refractivity contribution is 0.583. The highest BCUT2D eigenvalue weighted by Gasteiger charge is 2.14. The number of nitrogens with two attached hydrogens (primary N) is 1. The minimum absolute atomic E-state index is 0.137. The fourth-order valence-electron chi connectivity index (χ4n) is 1.55. The van der Waals surface area contributed by atoms with Gasteiger partial charge in [0.1, 0.15) is 11.6 Å². The molecule has 0 fully saturated rings. The van der Waals surface area contributed by atoms with Gasteiger partial charge in [0.15, 0.2) is 0 Å². The molecule has 2 rings (SSSR count). The standard InChI is InChI=1S/C12H11F2N3/c1-7-2-3-9(13)11(12(7)14)10-6-8(17-15)4-5-16-10/h2-6H,15H2,1H3,(H,16,17). The summed E-state index contributed by atoms with van der Waals surface area (Å²) < 4.78 is 27.5. The molecule has 0 aliphatic heterocycles. The summed E-state index contributed by atoms with van der Waals surface area (Å²) >= 11 is 0. The number of pyridine rings is 1. The minimum Gasteiger partial charge on any atom is -0.324 e. The van der Waals surface area contributed by atoms with E-state index >= 15 is 0 Å². The van der Waals surface area contributed by atoms with E-state index in [0.717, 1.165) is 0 Å². The van der Waals surface area contributed by atoms with E-state index in [4.69, 9.17) is 5.84 Å². The first-order valence-corrected chi connectivity index (χ1v) is 5.01. The maximum Gasteiger partial charge on any atom is 0.138 e. The van der Waals surface area contributed by atoms with Gasteiger partial charge in [-0.05, 0) is 30.7 Å². The van der Waals surface area contributed by atoms with Crippen molar-refractivity contribution in [2.24, 2.45) is 5.84 Å². The number of halogens is 2. The monoisotopic (exact) mass is 235 g/mol. The Hall–Kier alpha value is -2.01. The zero-order valence-corrected chi connectivity index (χ0v) is 9.17. The van der Waals surface area contributed by atoms with Crippen LogP contribution in [-0.2, 0) is 0 Å². The molecule has 0 aliphatic rings. The second-order valence-electron chi connectivity index (χ2n) is 3.63. The molecule has 3 N–H and O–H groups in total. The van der Waals surface area contributed by atoms with Gasteiger partial charge in [-0.25, -0.2) is 8.78 Å². The summed E-state index contributed by atoms with van der Waals surface area (Å²) in [5.41, 5.74) is 3.38. The zero-order valence-electron chi connectivity index (χ0n) is 9.17. The summed E-state index contributed by atoms with van der Waals surface area (Å²) in [7, 11) is 0. The van der Waals surface area contributed by atoms with E-state index in [1.165, 1.54) is 24.4 Å². The molecule has 2 aromatic rings. The molecular formula is C12H11F2N3. The molecule has 0 atom stereocenters. The second kappa shape index (κ2) is 4.47. The summed E-state index contributed by atoms with van der Waals surface area (Å²) in [6.07, 6.45) is 1.44. The molecule has 1 aromatic carbocycles. The third kappa shape index (κ3) is 2.09. The molecule has 1 aromatic heterocycles. The predicted molar refractivity (Wildman–Crippen MR) is 62.1 cm³/mol. The first-order chi connectivity index (χ1) is 8.13. The van der Waals surface area contributed by atoms with Gasteiger partial charge in [-0.3, -0.25) is 10.8 Å². The van der Waals surface area contributed by atoms with Crippen molar-refractivity contribution in [1.29, 1.82) is 0 Å². The van der Waals surface area contributed by atoms with Crippen molar-refractivity contribution in [1.82, 2.24) is 4.98 Å². The Bertz CT molecular complexity index is 555. The first kappa shape index (κ1) is 11.5. The Morgan fingerprint density at radius 3 is 2.71 bits per heavy atom. The summed E-state index contributed by atoms with van der Waals surface area (Å²) in [5.74, 6) is 3.99. The lowest BCUT2D eigenvalue weighted by Gasteiger charge is -2.08. The Morgan fingerprint density at radius 2 is 2.00 bits per heavy atom. The van der Waals surface area contributed by atoms with Crippen molar-refractivity contribution >= 4 is 5.69 Å². The van der Waals surface area contributed by atoms with Crippen LogP contribution in [0.4, 0.5) is 14.5 Å². The van der Waals surface area contributed by atoms with E-state index in [2.05, 4.69) is 10.4 Å². The van der Waals surface area contributed by atoms with Gasteiger partial charge < -0.3 is 5.43 Å². The summed E-state index contributed by atoms with van der Waals surface area (Å²) in [6.45, 7) is 1.57. The molecule has 0 radical (unpaired) electrons. The lowest BCUT2D eigenvalue weighted by atomic mass is 10.1. The molecule has 17 heavy (non-hydrogen) atoms. The van der Waals surface area contributed by atoms with Crippen LogP contribution in [0, 0.1) is 18.6 Å². The Balaban J connectivity index is 2.63. The van der Waals surface area contributed by atoms with Crippen LogP contribution in [0.15, 0.2) is 30.5 Å². The lowest BCUT2D eigenvalue weighted by Crippen LogP contribution is -2.07. The first-order valence-electron chi connectivity index (χ1n) is 5.01. The van der Waals surface area contributed by atoms with Gasteiger partial charge in [0.25, 0.3) is 0 Å². The second-order valence-corrected chi connectivity index (χ2v) is 3.63. The van der Waals surface area contributed by atoms with Crippen LogP contribution in [0.25, 0.3) is 11.3 Å². The van der Waals surface area contributed by atoms with E-state index in [-0.39, 0.29) is 11.3 Å². The van der Waals surface area contributed by atoms with Gasteiger partial charge in [-0.15, -0.1) is 0 Å². The van der Waals surface area contributed by atoms with Gasteiger partial charge in [-0.2, -0.15) is 0 Å². The topological polar surface area (TPSA) is 50.9 Å². The summed E-state index contributed by atoms with van der Waals surface area (Å²) in [5, 5.41) is 0. The van der Waals surface area contributed by atoms with Crippen LogP contribution in [0.1, 0.15) is 5.56 Å². The Morgan fingerprint density at radius 1 is 1.24 bits per heavy atom. The van der Waals surface area contributed by atoms with Crippen LogP contribution in [0.2, 0.25) is 0 Å². The summed E-state index contributed by atoms with van der Waals surface area (Å²) in [4.78, 5) is 3.94. The fraction of sp³-hybridized carbons (Fsp3) is 0.0833. The quantitative estimate of drug-likeness (QED) is 0.621. The summed E-state index contributed by atoms with van der Waals surface area (Å²) in [6, 6.07) is 5.70. The molecule has 0 saturated carbocycles. The van der Waals surface area contributed by atoms with Crippen LogP contribution < -0.4 is 11.3 Å². The average molecular weight is 235 g/mol. The zero-order chi connectivity index (χ0) is 12.4. The van der Waals surface area contributed by atoms with Crippen molar-refractivity contribution in [3.8, 4) is 11.3 Å². The van der Waals surface area contributed by atoms with Crippen LogP contribution in [-0.4, -0.2) is 4.98 Å². The Kier molecular flexibility index (Phi) is 3.01. The van der Waals surface area contributed by atoms with Gasteiger partial charge in [0.05, 0.1) is 16.9 Å². The predicted octanol–water partition coefficient (Wildman–Crippen LogP) is 2.62.